The zero-order chi connectivity index (χ0) is 28.9. The molecular weight excluding hydrogens is 520 g/mol. The topological polar surface area (TPSA) is 87.7 Å². The van der Waals surface area contributed by atoms with Crippen molar-refractivity contribution in [3.8, 4) is 5.75 Å². The first kappa shape index (κ1) is 34.7. The van der Waals surface area contributed by atoms with Crippen LogP contribution < -0.4 is 10.6 Å². The van der Waals surface area contributed by atoms with E-state index >= 15 is 0 Å². The van der Waals surface area contributed by atoms with Crippen molar-refractivity contribution < 1.29 is 19.4 Å². The summed E-state index contributed by atoms with van der Waals surface area (Å²) in [5, 5.41) is 15.2. The van der Waals surface area contributed by atoms with Crippen LogP contribution in [0.3, 0.4) is 0 Å². The predicted molar refractivity (Wildman–Crippen MR) is 170 cm³/mol. The molecular formula is C33H46N2O4S. The molecule has 7 heteroatoms. The largest absolute Gasteiger partial charge is 0.507 e. The summed E-state index contributed by atoms with van der Waals surface area (Å²) in [6, 6.07) is 6.38. The van der Waals surface area contributed by atoms with E-state index in [1.165, 1.54) is 6.07 Å². The third-order valence-electron chi connectivity index (χ3n) is 5.29. The van der Waals surface area contributed by atoms with E-state index in [-0.39, 0.29) is 23.1 Å². The molecule has 218 valence electrons. The van der Waals surface area contributed by atoms with E-state index in [0.29, 0.717) is 32.1 Å². The molecule has 0 radical (unpaired) electrons. The van der Waals surface area contributed by atoms with Crippen molar-refractivity contribution in [3.05, 3.63) is 103 Å². The molecule has 0 saturated heterocycles. The van der Waals surface area contributed by atoms with Gasteiger partial charge in [0.25, 0.3) is 5.91 Å². The van der Waals surface area contributed by atoms with E-state index in [4.69, 9.17) is 4.74 Å². The fraction of sp³-hybridized carbons (Fsp3) is 0.394. The number of ether oxygens (including phenoxy) is 1. The van der Waals surface area contributed by atoms with Gasteiger partial charge >= 0.3 is 0 Å². The Balaban J connectivity index is 1.91. The number of phenols is 1. The number of carbonyl (C=O) groups is 2. The van der Waals surface area contributed by atoms with Crippen LogP contribution in [-0.4, -0.2) is 54.7 Å². The van der Waals surface area contributed by atoms with Gasteiger partial charge in [-0.05, 0) is 50.7 Å². The second-order valence-corrected chi connectivity index (χ2v) is 9.70. The molecule has 0 aliphatic heterocycles. The summed E-state index contributed by atoms with van der Waals surface area (Å²) in [6.07, 6.45) is 32.0. The van der Waals surface area contributed by atoms with E-state index in [1.807, 2.05) is 0 Å². The van der Waals surface area contributed by atoms with Crippen LogP contribution in [0.4, 0.5) is 0 Å². The Kier molecular flexibility index (Phi) is 22.5. The number of amides is 2. The number of nitrogens with one attached hydrogen (secondary N) is 2. The van der Waals surface area contributed by atoms with Crippen LogP contribution in [0.25, 0.3) is 0 Å². The van der Waals surface area contributed by atoms with Crippen LogP contribution in [0, 0.1) is 0 Å². The van der Waals surface area contributed by atoms with Crippen LogP contribution in [0.5, 0.6) is 5.75 Å². The van der Waals surface area contributed by atoms with Crippen molar-refractivity contribution in [2.24, 2.45) is 0 Å². The van der Waals surface area contributed by atoms with Gasteiger partial charge in [0.1, 0.15) is 5.75 Å². The number of benzene rings is 1. The van der Waals surface area contributed by atoms with Crippen LogP contribution in [0.2, 0.25) is 0 Å². The van der Waals surface area contributed by atoms with E-state index in [0.717, 1.165) is 44.3 Å². The fourth-order valence-corrected chi connectivity index (χ4v) is 3.90. The average molecular weight is 567 g/mol. The number of allylic oxidation sites excluding steroid dienone is 11. The van der Waals surface area contributed by atoms with E-state index in [9.17, 15) is 14.7 Å². The van der Waals surface area contributed by atoms with Crippen molar-refractivity contribution in [2.45, 2.75) is 45.4 Å². The van der Waals surface area contributed by atoms with Gasteiger partial charge in [-0.2, -0.15) is 0 Å². The summed E-state index contributed by atoms with van der Waals surface area (Å²) in [7, 11) is 0. The smallest absolute Gasteiger partial charge is 0.255 e. The molecule has 3 N–H and O–H groups in total. The highest BCUT2D eigenvalue weighted by molar-refractivity contribution is 8.00. The molecule has 0 aliphatic rings. The van der Waals surface area contributed by atoms with E-state index in [2.05, 4.69) is 90.5 Å². The maximum atomic E-state index is 12.0. The Hall–Kier alpha value is -3.29. The summed E-state index contributed by atoms with van der Waals surface area (Å²) in [4.78, 5) is 23.8. The molecule has 1 aromatic rings. The maximum absolute atomic E-state index is 12.0. The van der Waals surface area contributed by atoms with Crippen LogP contribution in [-0.2, 0) is 9.53 Å². The molecule has 0 heterocycles. The molecule has 1 rings (SSSR count). The quantitative estimate of drug-likeness (QED) is 0.108. The van der Waals surface area contributed by atoms with Gasteiger partial charge in [0.2, 0.25) is 5.91 Å². The van der Waals surface area contributed by atoms with Gasteiger partial charge in [0, 0.05) is 18.8 Å². The minimum atomic E-state index is -0.348. The van der Waals surface area contributed by atoms with Gasteiger partial charge in [-0.3, -0.25) is 9.59 Å². The van der Waals surface area contributed by atoms with Crippen molar-refractivity contribution in [3.63, 3.8) is 0 Å². The van der Waals surface area contributed by atoms with Gasteiger partial charge in [0.15, 0.2) is 0 Å². The third-order valence-corrected chi connectivity index (χ3v) is 6.19. The molecule has 40 heavy (non-hydrogen) atoms. The van der Waals surface area contributed by atoms with Gasteiger partial charge in [0.05, 0.1) is 24.5 Å². The summed E-state index contributed by atoms with van der Waals surface area (Å²) in [6.45, 7) is 3.59. The summed E-state index contributed by atoms with van der Waals surface area (Å²) in [5.41, 5.74) is 0.233. The summed E-state index contributed by atoms with van der Waals surface area (Å²) in [5.74, 6) is 0.780. The lowest BCUT2D eigenvalue weighted by Gasteiger charge is -2.08. The predicted octanol–water partition coefficient (Wildman–Crippen LogP) is 6.69. The Bertz CT molecular complexity index is 996. The molecule has 0 aromatic heterocycles. The van der Waals surface area contributed by atoms with E-state index in [1.54, 1.807) is 30.0 Å². The number of thioether (sulfide) groups is 1. The second kappa shape index (κ2) is 26.0. The van der Waals surface area contributed by atoms with Crippen LogP contribution >= 0.6 is 11.8 Å². The number of hydrogen-bond donors (Lipinski definition) is 3. The molecule has 0 fully saturated rings. The average Bonchev–Trinajstić information content (AvgIpc) is 2.95. The summed E-state index contributed by atoms with van der Waals surface area (Å²) < 4.78 is 5.42. The highest BCUT2D eigenvalue weighted by atomic mass is 32.2. The Labute approximate surface area is 245 Å². The SMILES string of the molecule is CC/C=C\C/C=C\C/C=C\C/C=C\C/C=C\C/C=C\CSCC(=O)NCCOCCNC(=O)c1ccccc1O. The van der Waals surface area contributed by atoms with Crippen LogP contribution in [0.15, 0.2) is 97.2 Å². The molecule has 0 spiro atoms. The number of para-hydroxylation sites is 1. The highest BCUT2D eigenvalue weighted by Gasteiger charge is 2.08. The molecule has 0 unspecified atom stereocenters. The van der Waals surface area contributed by atoms with Crippen molar-refractivity contribution in [2.75, 3.05) is 37.8 Å². The molecule has 0 bridgehead atoms. The number of carbonyl (C=O) groups excluding carboxylic acids is 2. The van der Waals surface area contributed by atoms with Crippen molar-refractivity contribution in [1.29, 1.82) is 0 Å². The molecule has 0 saturated carbocycles. The minimum Gasteiger partial charge on any atom is -0.507 e. The molecule has 2 amide bonds. The normalized spacial score (nSPS) is 12.2. The Morgan fingerprint density at radius 3 is 1.80 bits per heavy atom. The minimum absolute atomic E-state index is 0.0207. The van der Waals surface area contributed by atoms with Gasteiger partial charge in [-0.25, -0.2) is 0 Å². The number of rotatable bonds is 22. The molecule has 0 aliphatic carbocycles. The lowest BCUT2D eigenvalue weighted by molar-refractivity contribution is -0.118. The first-order valence-electron chi connectivity index (χ1n) is 14.0. The molecule has 6 nitrogen and oxygen atoms in total. The zero-order valence-electron chi connectivity index (χ0n) is 23.8. The van der Waals surface area contributed by atoms with Gasteiger partial charge in [-0.1, -0.05) is 92.0 Å². The standard InChI is InChI=1S/C33H46N2O4S/c1-2-3-4-5-6-7-8-9-10-11-12-13-14-15-16-17-18-21-28-40-29-32(37)34-24-26-39-27-25-35-33(38)30-22-19-20-23-31(30)36/h3-4,6-7,9-10,12-13,15-16,18-23,36H,2,5,8,11,14,17,24-29H2,1H3,(H,34,37)(H,35,38)/b4-3-,7-6-,10-9-,13-12-,16-15-,21-18-. The highest BCUT2D eigenvalue weighted by Crippen LogP contribution is 2.14. The van der Waals surface area contributed by atoms with Crippen molar-refractivity contribution in [1.82, 2.24) is 10.6 Å². The van der Waals surface area contributed by atoms with Crippen molar-refractivity contribution >= 4 is 23.6 Å². The van der Waals surface area contributed by atoms with Crippen LogP contribution in [0.1, 0.15) is 55.8 Å². The Morgan fingerprint density at radius 2 is 1.25 bits per heavy atom. The monoisotopic (exact) mass is 566 g/mol. The third kappa shape index (κ3) is 20.6. The Morgan fingerprint density at radius 1 is 0.750 bits per heavy atom. The lowest BCUT2D eigenvalue weighted by atomic mass is 10.2. The number of hydrogen-bond acceptors (Lipinski definition) is 5. The summed E-state index contributed by atoms with van der Waals surface area (Å²) >= 11 is 1.57. The first-order chi connectivity index (χ1) is 19.6. The van der Waals surface area contributed by atoms with Gasteiger partial charge in [-0.15, -0.1) is 11.8 Å². The number of aromatic hydroxyl groups is 1. The fourth-order valence-electron chi connectivity index (χ4n) is 3.22. The first-order valence-corrected chi connectivity index (χ1v) is 15.2. The maximum Gasteiger partial charge on any atom is 0.255 e. The molecule has 0 atom stereocenters. The lowest BCUT2D eigenvalue weighted by Crippen LogP contribution is -2.31. The molecule has 1 aromatic carbocycles. The number of phenolic OH excluding ortho intramolecular Hbond substituents is 1. The van der Waals surface area contributed by atoms with E-state index < -0.39 is 0 Å². The zero-order valence-corrected chi connectivity index (χ0v) is 24.6. The second-order valence-electron chi connectivity index (χ2n) is 8.67. The van der Waals surface area contributed by atoms with Gasteiger partial charge < -0.3 is 20.5 Å².